The number of rotatable bonds is 6. The van der Waals surface area contributed by atoms with Gasteiger partial charge in [-0.3, -0.25) is 4.79 Å². The van der Waals surface area contributed by atoms with Gasteiger partial charge in [0.05, 0.1) is 17.5 Å². The minimum atomic E-state index is -1.06. The summed E-state index contributed by atoms with van der Waals surface area (Å²) in [6.45, 7) is 0. The van der Waals surface area contributed by atoms with Gasteiger partial charge in [0.1, 0.15) is 0 Å². The van der Waals surface area contributed by atoms with Crippen molar-refractivity contribution >= 4 is 46.3 Å². The molecule has 0 bridgehead atoms. The maximum Gasteiger partial charge on any atom is 0.336 e. The van der Waals surface area contributed by atoms with E-state index in [1.165, 1.54) is 35.4 Å². The third kappa shape index (κ3) is 4.53. The summed E-state index contributed by atoms with van der Waals surface area (Å²) in [5, 5.41) is 20.5. The number of aromatic nitrogens is 2. The lowest BCUT2D eigenvalue weighted by Crippen LogP contribution is -2.19. The van der Waals surface area contributed by atoms with Crippen molar-refractivity contribution in [3.63, 3.8) is 0 Å². The molecule has 2 aromatic rings. The van der Waals surface area contributed by atoms with Crippen molar-refractivity contribution in [3.8, 4) is 0 Å². The molecule has 2 rings (SSSR count). The van der Waals surface area contributed by atoms with E-state index in [1.807, 2.05) is 0 Å². The van der Waals surface area contributed by atoms with E-state index in [9.17, 15) is 9.59 Å². The van der Waals surface area contributed by atoms with Crippen LogP contribution in [0.1, 0.15) is 15.9 Å². The van der Waals surface area contributed by atoms with Crippen LogP contribution in [0.15, 0.2) is 33.7 Å². The monoisotopic (exact) mass is 337 g/mol. The first-order chi connectivity index (χ1) is 10.6. The summed E-state index contributed by atoms with van der Waals surface area (Å²) in [4.78, 5) is 22.6. The standard InChI is InChI=1S/C12H11N5O3S2/c13-11-16-17-12(22-11)21-6-9(18)15-14-5-7-3-1-2-4-8(7)10(19)20/h1-5H,6H2,(H2,13,16)(H,15,18)(H,19,20). The minimum Gasteiger partial charge on any atom is -0.478 e. The largest absolute Gasteiger partial charge is 0.478 e. The Kier molecular flexibility index (Phi) is 5.44. The molecule has 0 aliphatic heterocycles. The van der Waals surface area contributed by atoms with E-state index < -0.39 is 5.97 Å². The van der Waals surface area contributed by atoms with Crippen LogP contribution in [0.25, 0.3) is 0 Å². The maximum absolute atomic E-state index is 11.6. The fraction of sp³-hybridized carbons (Fsp3) is 0.0833. The summed E-state index contributed by atoms with van der Waals surface area (Å²) >= 11 is 2.38. The van der Waals surface area contributed by atoms with Crippen molar-refractivity contribution in [3.05, 3.63) is 35.4 Å². The van der Waals surface area contributed by atoms with Crippen LogP contribution in [-0.2, 0) is 4.79 Å². The topological polar surface area (TPSA) is 131 Å². The Hall–Kier alpha value is -2.46. The van der Waals surface area contributed by atoms with E-state index in [0.717, 1.165) is 0 Å². The van der Waals surface area contributed by atoms with Crippen LogP contribution in [0.5, 0.6) is 0 Å². The maximum atomic E-state index is 11.6. The number of nitrogens with two attached hydrogens (primary N) is 1. The molecule has 0 radical (unpaired) electrons. The van der Waals surface area contributed by atoms with Crippen molar-refractivity contribution in [1.82, 2.24) is 15.6 Å². The van der Waals surface area contributed by atoms with Crippen LogP contribution in [0.2, 0.25) is 0 Å². The van der Waals surface area contributed by atoms with Gasteiger partial charge in [0, 0.05) is 5.56 Å². The van der Waals surface area contributed by atoms with Gasteiger partial charge in [-0.05, 0) is 6.07 Å². The molecule has 0 aliphatic carbocycles. The lowest BCUT2D eigenvalue weighted by atomic mass is 10.1. The third-order valence-electron chi connectivity index (χ3n) is 2.33. The Morgan fingerprint density at radius 2 is 2.18 bits per heavy atom. The molecule has 0 saturated heterocycles. The average molecular weight is 337 g/mol. The molecule has 0 unspecified atom stereocenters. The van der Waals surface area contributed by atoms with Crippen molar-refractivity contribution < 1.29 is 14.7 Å². The summed E-state index contributed by atoms with van der Waals surface area (Å²) in [7, 11) is 0. The second-order valence-corrected chi connectivity index (χ2v) is 6.11. The first-order valence-corrected chi connectivity index (χ1v) is 7.72. The molecule has 1 amide bonds. The summed E-state index contributed by atoms with van der Waals surface area (Å²) in [5.74, 6) is -1.30. The van der Waals surface area contributed by atoms with Gasteiger partial charge < -0.3 is 10.8 Å². The smallest absolute Gasteiger partial charge is 0.336 e. The quantitative estimate of drug-likeness (QED) is 0.408. The Balaban J connectivity index is 1.87. The van der Waals surface area contributed by atoms with Crippen LogP contribution in [0.4, 0.5) is 5.13 Å². The van der Waals surface area contributed by atoms with Crippen LogP contribution in [0, 0.1) is 0 Å². The van der Waals surface area contributed by atoms with Gasteiger partial charge in [0.25, 0.3) is 5.91 Å². The number of thioether (sulfide) groups is 1. The number of nitrogens with zero attached hydrogens (tertiary/aromatic N) is 3. The van der Waals surface area contributed by atoms with E-state index in [0.29, 0.717) is 15.0 Å². The second kappa shape index (κ2) is 7.52. The molecule has 1 heterocycles. The van der Waals surface area contributed by atoms with Crippen LogP contribution < -0.4 is 11.2 Å². The zero-order chi connectivity index (χ0) is 15.9. The number of carbonyl (C=O) groups is 2. The minimum absolute atomic E-state index is 0.104. The van der Waals surface area contributed by atoms with Crippen LogP contribution in [0.3, 0.4) is 0 Å². The summed E-state index contributed by atoms with van der Waals surface area (Å²) < 4.78 is 0.591. The SMILES string of the molecule is Nc1nnc(SCC(=O)NN=Cc2ccccc2C(=O)O)s1. The number of carboxylic acid groups (broad SMARTS) is 1. The molecular weight excluding hydrogens is 326 g/mol. The number of amides is 1. The number of hydrogen-bond donors (Lipinski definition) is 3. The highest BCUT2D eigenvalue weighted by molar-refractivity contribution is 8.01. The molecule has 1 aromatic heterocycles. The molecule has 8 nitrogen and oxygen atoms in total. The van der Waals surface area contributed by atoms with E-state index in [2.05, 4.69) is 20.7 Å². The number of nitrogen functional groups attached to an aromatic ring is 1. The average Bonchev–Trinajstić information content (AvgIpc) is 2.91. The number of carbonyl (C=O) groups excluding carboxylic acids is 1. The van der Waals surface area contributed by atoms with Crippen molar-refractivity contribution in [2.24, 2.45) is 5.10 Å². The lowest BCUT2D eigenvalue weighted by molar-refractivity contribution is -0.118. The Labute approximate surface area is 133 Å². The Morgan fingerprint density at radius 1 is 1.41 bits per heavy atom. The normalized spacial score (nSPS) is 10.7. The molecule has 0 spiro atoms. The van der Waals surface area contributed by atoms with Gasteiger partial charge in [-0.25, -0.2) is 10.2 Å². The number of hydrazone groups is 1. The molecule has 0 aliphatic rings. The Morgan fingerprint density at radius 3 is 2.86 bits per heavy atom. The molecule has 0 atom stereocenters. The molecule has 1 aromatic carbocycles. The molecule has 114 valence electrons. The molecular formula is C12H11N5O3S2. The van der Waals surface area contributed by atoms with Gasteiger partial charge in [-0.2, -0.15) is 5.10 Å². The van der Waals surface area contributed by atoms with Crippen molar-refractivity contribution in [2.75, 3.05) is 11.5 Å². The van der Waals surface area contributed by atoms with Crippen molar-refractivity contribution in [1.29, 1.82) is 0 Å². The van der Waals surface area contributed by atoms with Gasteiger partial charge >= 0.3 is 5.97 Å². The van der Waals surface area contributed by atoms with Gasteiger partial charge in [0.2, 0.25) is 5.13 Å². The number of carboxylic acids is 1. The van der Waals surface area contributed by atoms with E-state index in [-0.39, 0.29) is 17.2 Å². The molecule has 0 fully saturated rings. The third-order valence-corrected chi connectivity index (χ3v) is 4.22. The predicted molar refractivity (Wildman–Crippen MR) is 84.2 cm³/mol. The number of benzene rings is 1. The summed E-state index contributed by atoms with van der Waals surface area (Å²) in [6, 6.07) is 6.36. The van der Waals surface area contributed by atoms with E-state index >= 15 is 0 Å². The fourth-order valence-electron chi connectivity index (χ4n) is 1.42. The highest BCUT2D eigenvalue weighted by Gasteiger charge is 2.08. The second-order valence-electron chi connectivity index (χ2n) is 3.88. The van der Waals surface area contributed by atoms with Gasteiger partial charge in [-0.1, -0.05) is 41.3 Å². The van der Waals surface area contributed by atoms with Crippen molar-refractivity contribution in [2.45, 2.75) is 4.34 Å². The molecule has 22 heavy (non-hydrogen) atoms. The molecule has 10 heteroatoms. The predicted octanol–water partition coefficient (Wildman–Crippen LogP) is 1.06. The first-order valence-electron chi connectivity index (χ1n) is 5.92. The zero-order valence-corrected chi connectivity index (χ0v) is 12.7. The first kappa shape index (κ1) is 15.9. The number of aromatic carboxylic acids is 1. The highest BCUT2D eigenvalue weighted by atomic mass is 32.2. The van der Waals surface area contributed by atoms with E-state index in [1.54, 1.807) is 18.2 Å². The highest BCUT2D eigenvalue weighted by Crippen LogP contribution is 2.22. The lowest BCUT2D eigenvalue weighted by Gasteiger charge is -2.00. The number of hydrogen-bond acceptors (Lipinski definition) is 8. The van der Waals surface area contributed by atoms with Gasteiger partial charge in [0.15, 0.2) is 4.34 Å². The number of anilines is 1. The fourth-order valence-corrected chi connectivity index (χ4v) is 2.84. The molecule has 0 saturated carbocycles. The van der Waals surface area contributed by atoms with Crippen LogP contribution in [-0.4, -0.2) is 39.1 Å². The molecule has 4 N–H and O–H groups in total. The summed E-state index contributed by atoms with van der Waals surface area (Å²) in [5.41, 5.74) is 8.26. The summed E-state index contributed by atoms with van der Waals surface area (Å²) in [6.07, 6.45) is 1.29. The van der Waals surface area contributed by atoms with E-state index in [4.69, 9.17) is 10.8 Å². The van der Waals surface area contributed by atoms with Crippen LogP contribution >= 0.6 is 23.1 Å². The zero-order valence-electron chi connectivity index (χ0n) is 11.1. The van der Waals surface area contributed by atoms with Gasteiger partial charge in [-0.15, -0.1) is 10.2 Å². The number of nitrogens with one attached hydrogen (secondary N) is 1. The Bertz CT molecular complexity index is 716.